The summed E-state index contributed by atoms with van der Waals surface area (Å²) in [6.45, 7) is 5.04. The van der Waals surface area contributed by atoms with Crippen LogP contribution in [0.1, 0.15) is 18.4 Å². The van der Waals surface area contributed by atoms with Gasteiger partial charge in [-0.2, -0.15) is 13.2 Å². The van der Waals surface area contributed by atoms with Crippen LogP contribution < -0.4 is 0 Å². The molecule has 1 aromatic rings. The van der Waals surface area contributed by atoms with Crippen LogP contribution in [0.2, 0.25) is 0 Å². The van der Waals surface area contributed by atoms with Gasteiger partial charge in [-0.05, 0) is 24.6 Å². The summed E-state index contributed by atoms with van der Waals surface area (Å²) in [4.78, 5) is 0. The van der Waals surface area contributed by atoms with E-state index in [0.717, 1.165) is 6.07 Å². The molecular weight excluding hydrogens is 169 g/mol. The van der Waals surface area contributed by atoms with Gasteiger partial charge in [-0.3, -0.25) is 0 Å². The molecule has 1 aromatic heterocycles. The van der Waals surface area contributed by atoms with Gasteiger partial charge in [0.15, 0.2) is 0 Å². The van der Waals surface area contributed by atoms with Crippen molar-refractivity contribution in [3.8, 4) is 0 Å². The fraction of sp³-hybridized carbons (Fsp3) is 0.250. The monoisotopic (exact) mass is 176 g/mol. The van der Waals surface area contributed by atoms with Crippen LogP contribution in [0.25, 0.3) is 5.57 Å². The molecule has 0 bridgehead atoms. The molecule has 0 amide bonds. The minimum Gasteiger partial charge on any atom is -0.452 e. The Morgan fingerprint density at radius 1 is 1.42 bits per heavy atom. The van der Waals surface area contributed by atoms with Crippen LogP contribution in [-0.4, -0.2) is 0 Å². The molecule has 0 aromatic carbocycles. The zero-order valence-corrected chi connectivity index (χ0v) is 6.40. The smallest absolute Gasteiger partial charge is 0.449 e. The number of allylic oxidation sites excluding steroid dienone is 1. The van der Waals surface area contributed by atoms with Gasteiger partial charge in [0.1, 0.15) is 5.76 Å². The van der Waals surface area contributed by atoms with Gasteiger partial charge in [0, 0.05) is 0 Å². The van der Waals surface area contributed by atoms with Crippen molar-refractivity contribution in [3.05, 3.63) is 30.2 Å². The molecule has 0 aliphatic rings. The molecule has 1 nitrogen and oxygen atoms in total. The predicted octanol–water partition coefficient (Wildman–Crippen LogP) is 3.33. The van der Waals surface area contributed by atoms with Crippen LogP contribution in [0.3, 0.4) is 0 Å². The molecular formula is C8H7F3O. The zero-order valence-electron chi connectivity index (χ0n) is 6.40. The third-order valence-corrected chi connectivity index (χ3v) is 1.31. The highest BCUT2D eigenvalue weighted by Crippen LogP contribution is 2.31. The second kappa shape index (κ2) is 2.69. The molecule has 1 heterocycles. The van der Waals surface area contributed by atoms with Crippen molar-refractivity contribution in [1.29, 1.82) is 0 Å². The molecule has 0 radical (unpaired) electrons. The lowest BCUT2D eigenvalue weighted by atomic mass is 10.3. The minimum atomic E-state index is -4.41. The van der Waals surface area contributed by atoms with Crippen LogP contribution in [0.15, 0.2) is 23.1 Å². The third-order valence-electron chi connectivity index (χ3n) is 1.31. The van der Waals surface area contributed by atoms with E-state index in [1.165, 1.54) is 6.07 Å². The lowest BCUT2D eigenvalue weighted by molar-refractivity contribution is -0.153. The van der Waals surface area contributed by atoms with E-state index in [1.807, 2.05) is 0 Å². The number of rotatable bonds is 1. The highest BCUT2D eigenvalue weighted by Gasteiger charge is 2.34. The average Bonchev–Trinajstić information content (AvgIpc) is 2.30. The Bertz CT molecular complexity index is 295. The summed E-state index contributed by atoms with van der Waals surface area (Å²) in [5.74, 6) is -0.817. The topological polar surface area (TPSA) is 13.1 Å². The molecule has 0 aliphatic carbocycles. The molecule has 1 rings (SSSR count). The summed E-state index contributed by atoms with van der Waals surface area (Å²) in [7, 11) is 0. The minimum absolute atomic E-state index is 0.169. The van der Waals surface area contributed by atoms with Gasteiger partial charge in [0.25, 0.3) is 0 Å². The van der Waals surface area contributed by atoms with Gasteiger partial charge in [-0.25, -0.2) is 0 Å². The Hall–Kier alpha value is -1.19. The van der Waals surface area contributed by atoms with Gasteiger partial charge in [0.2, 0.25) is 5.76 Å². The number of furan rings is 1. The van der Waals surface area contributed by atoms with Crippen LogP contribution >= 0.6 is 0 Å². The normalized spacial score (nSPS) is 11.7. The van der Waals surface area contributed by atoms with Crippen molar-refractivity contribution in [3.63, 3.8) is 0 Å². The summed E-state index contributed by atoms with van der Waals surface area (Å²) >= 11 is 0. The third kappa shape index (κ3) is 1.69. The quantitative estimate of drug-likeness (QED) is 0.639. The first kappa shape index (κ1) is 8.90. The summed E-state index contributed by atoms with van der Waals surface area (Å²) < 4.78 is 40.3. The summed E-state index contributed by atoms with van der Waals surface area (Å²) in [6.07, 6.45) is -4.41. The lowest BCUT2D eigenvalue weighted by Gasteiger charge is -2.00. The molecule has 0 fully saturated rings. The Kier molecular flexibility index (Phi) is 2.00. The number of halogens is 3. The molecule has 4 heteroatoms. The van der Waals surface area contributed by atoms with E-state index < -0.39 is 11.9 Å². The molecule has 0 atom stereocenters. The van der Waals surface area contributed by atoms with E-state index in [4.69, 9.17) is 0 Å². The maximum absolute atomic E-state index is 11.9. The predicted molar refractivity (Wildman–Crippen MR) is 38.4 cm³/mol. The highest BCUT2D eigenvalue weighted by molar-refractivity contribution is 5.56. The summed E-state index contributed by atoms with van der Waals surface area (Å²) in [5, 5.41) is 0. The molecule has 0 aliphatic heterocycles. The van der Waals surface area contributed by atoms with E-state index in [0.29, 0.717) is 5.57 Å². The fourth-order valence-electron chi connectivity index (χ4n) is 0.720. The van der Waals surface area contributed by atoms with Crippen LogP contribution in [-0.2, 0) is 6.18 Å². The first-order valence-electron chi connectivity index (χ1n) is 3.24. The van der Waals surface area contributed by atoms with Gasteiger partial charge in [-0.1, -0.05) is 6.58 Å². The summed E-state index contributed by atoms with van der Waals surface area (Å²) in [6, 6.07) is 2.15. The Balaban J connectivity index is 3.00. The number of hydrogen-bond donors (Lipinski definition) is 0. The largest absolute Gasteiger partial charge is 0.452 e. The van der Waals surface area contributed by atoms with Crippen molar-refractivity contribution in [2.45, 2.75) is 13.1 Å². The Morgan fingerprint density at radius 2 is 2.00 bits per heavy atom. The second-order valence-electron chi connectivity index (χ2n) is 2.44. The molecule has 0 unspecified atom stereocenters. The maximum Gasteiger partial charge on any atom is 0.449 e. The molecule has 12 heavy (non-hydrogen) atoms. The van der Waals surface area contributed by atoms with E-state index in [9.17, 15) is 13.2 Å². The number of hydrogen-bond acceptors (Lipinski definition) is 1. The molecule has 0 saturated heterocycles. The van der Waals surface area contributed by atoms with Gasteiger partial charge < -0.3 is 4.42 Å². The lowest BCUT2D eigenvalue weighted by Crippen LogP contribution is -2.01. The van der Waals surface area contributed by atoms with Crippen molar-refractivity contribution in [2.24, 2.45) is 0 Å². The summed E-state index contributed by atoms with van der Waals surface area (Å²) in [5.41, 5.74) is 0.477. The standard InChI is InChI=1S/C8H7F3O/c1-5(2)6-3-4-7(12-6)8(9,10)11/h3-4H,1H2,2H3. The Morgan fingerprint density at radius 3 is 2.25 bits per heavy atom. The van der Waals surface area contributed by atoms with Crippen LogP contribution in [0.5, 0.6) is 0 Å². The average molecular weight is 176 g/mol. The van der Waals surface area contributed by atoms with E-state index >= 15 is 0 Å². The van der Waals surface area contributed by atoms with Gasteiger partial charge >= 0.3 is 6.18 Å². The van der Waals surface area contributed by atoms with E-state index in [-0.39, 0.29) is 5.76 Å². The SMILES string of the molecule is C=C(C)c1ccc(C(F)(F)F)o1. The second-order valence-corrected chi connectivity index (χ2v) is 2.44. The molecule has 66 valence electrons. The van der Waals surface area contributed by atoms with Crippen LogP contribution in [0, 0.1) is 0 Å². The Labute approximate surface area is 67.5 Å². The number of alkyl halides is 3. The molecule has 0 spiro atoms. The molecule has 0 saturated carbocycles. The first-order chi connectivity index (χ1) is 5.41. The molecule has 0 N–H and O–H groups in total. The van der Waals surface area contributed by atoms with Crippen molar-refractivity contribution in [2.75, 3.05) is 0 Å². The highest BCUT2D eigenvalue weighted by atomic mass is 19.4. The fourth-order valence-corrected chi connectivity index (χ4v) is 0.720. The van der Waals surface area contributed by atoms with E-state index in [1.54, 1.807) is 6.92 Å². The van der Waals surface area contributed by atoms with Crippen molar-refractivity contribution >= 4 is 5.57 Å². The first-order valence-corrected chi connectivity index (χ1v) is 3.24. The van der Waals surface area contributed by atoms with Crippen LogP contribution in [0.4, 0.5) is 13.2 Å². The maximum atomic E-state index is 11.9. The van der Waals surface area contributed by atoms with Gasteiger partial charge in [-0.15, -0.1) is 0 Å². The van der Waals surface area contributed by atoms with E-state index in [2.05, 4.69) is 11.0 Å². The van der Waals surface area contributed by atoms with Gasteiger partial charge in [0.05, 0.1) is 0 Å². The van der Waals surface area contributed by atoms with Crippen molar-refractivity contribution < 1.29 is 17.6 Å². The zero-order chi connectivity index (χ0) is 9.35. The van der Waals surface area contributed by atoms with Crippen molar-refractivity contribution in [1.82, 2.24) is 0 Å².